The van der Waals surface area contributed by atoms with Crippen LogP contribution in [0.1, 0.15) is 271 Å². The van der Waals surface area contributed by atoms with Crippen molar-refractivity contribution in [1.82, 2.24) is 31.5 Å². The number of carbonyl (C=O) groups is 10. The van der Waals surface area contributed by atoms with Gasteiger partial charge in [-0.3, -0.25) is 48.5 Å². The number of carboxylic acids is 3. The van der Waals surface area contributed by atoms with Crippen molar-refractivity contribution in [2.45, 2.75) is 307 Å². The molecule has 0 aromatic carbocycles. The largest absolute Gasteiger partial charge is 0.490 e. The van der Waals surface area contributed by atoms with Crippen molar-refractivity contribution in [3.63, 3.8) is 0 Å². The Bertz CT molecular complexity index is 2480. The van der Waals surface area contributed by atoms with Crippen molar-refractivity contribution in [2.24, 2.45) is 55.1 Å². The molecule has 0 spiro atoms. The number of unbranched alkanes of at least 4 members (excludes halogenated alkanes) is 28. The van der Waals surface area contributed by atoms with E-state index in [1.807, 2.05) is 0 Å². The average molecular weight is 1570 g/mol. The lowest BCUT2D eigenvalue weighted by atomic mass is 10.0. The summed E-state index contributed by atoms with van der Waals surface area (Å²) in [7, 11) is 0. The zero-order valence-electron chi connectivity index (χ0n) is 63.3. The molecular weight excluding hydrogens is 1440 g/mol. The number of aliphatic imine (C=N–C) groups is 3. The fourth-order valence-corrected chi connectivity index (χ4v) is 10.2. The third-order valence-electron chi connectivity index (χ3n) is 16.0. The summed E-state index contributed by atoms with van der Waals surface area (Å²) in [6, 6.07) is -3.59. The van der Waals surface area contributed by atoms with E-state index in [-0.39, 0.29) is 94.5 Å². The van der Waals surface area contributed by atoms with Crippen molar-refractivity contribution in [3.05, 3.63) is 12.2 Å². The maximum atomic E-state index is 14.0. The lowest BCUT2D eigenvalue weighted by Gasteiger charge is -2.24. The van der Waals surface area contributed by atoms with Crippen LogP contribution in [0.3, 0.4) is 0 Å². The van der Waals surface area contributed by atoms with E-state index in [0.29, 0.717) is 45.2 Å². The monoisotopic (exact) mass is 1570 g/mol. The van der Waals surface area contributed by atoms with Crippen LogP contribution in [0.2, 0.25) is 0 Å². The number of nitrogens with zero attached hydrogens (tertiary/aromatic N) is 4. The van der Waals surface area contributed by atoms with Gasteiger partial charge in [0.05, 0.1) is 0 Å². The topological polar surface area (TPSA) is 514 Å². The third-order valence-corrected chi connectivity index (χ3v) is 16.0. The molecule has 3 atom stereocenters. The van der Waals surface area contributed by atoms with Gasteiger partial charge in [-0.15, -0.1) is 0 Å². The molecule has 0 rings (SSSR count). The minimum absolute atomic E-state index is 0.0234. The number of carboxylic acid groups (broad SMARTS) is 3. The number of nitrogens with two attached hydrogens (primary N) is 7. The second kappa shape index (κ2) is 67.9. The highest BCUT2D eigenvalue weighted by Crippen LogP contribution is 2.18. The molecule has 0 saturated heterocycles. The second-order valence-electron chi connectivity index (χ2n) is 25.8. The van der Waals surface area contributed by atoms with Crippen molar-refractivity contribution in [2.75, 3.05) is 45.8 Å². The number of alkyl halides is 9. The van der Waals surface area contributed by atoms with Crippen molar-refractivity contribution in [3.8, 4) is 0 Å². The number of carbonyl (C=O) groups excluding carboxylic acids is 7. The van der Waals surface area contributed by atoms with E-state index in [9.17, 15) is 73.1 Å². The Kier molecular flexibility index (Phi) is 66.7. The smallest absolute Gasteiger partial charge is 0.475 e. The van der Waals surface area contributed by atoms with Gasteiger partial charge in [-0.25, -0.2) is 14.4 Å². The van der Waals surface area contributed by atoms with Gasteiger partial charge >= 0.3 is 36.4 Å². The second-order valence-corrected chi connectivity index (χ2v) is 25.8. The first-order valence-corrected chi connectivity index (χ1v) is 37.6. The number of primary amides is 1. The molecule has 0 unspecified atom stereocenters. The Hall–Kier alpha value is -8.38. The molecule has 0 aromatic rings. The van der Waals surface area contributed by atoms with E-state index < -0.39 is 84.1 Å². The minimum Gasteiger partial charge on any atom is -0.475 e. The van der Waals surface area contributed by atoms with E-state index in [2.05, 4.69) is 55.4 Å². The molecule has 0 aliphatic heterocycles. The first kappa shape index (κ1) is 106. The van der Waals surface area contributed by atoms with Crippen molar-refractivity contribution in [1.29, 1.82) is 0 Å². The van der Waals surface area contributed by atoms with E-state index in [1.54, 1.807) is 4.90 Å². The van der Waals surface area contributed by atoms with Gasteiger partial charge < -0.3 is 86.9 Å². The molecule has 0 aromatic heterocycles. The number of guanidine groups is 3. The van der Waals surface area contributed by atoms with E-state index in [0.717, 1.165) is 50.7 Å². The molecule has 0 heterocycles. The van der Waals surface area contributed by atoms with Crippen LogP contribution in [0.4, 0.5) is 39.5 Å². The summed E-state index contributed by atoms with van der Waals surface area (Å²) in [6.45, 7) is 6.18. The van der Waals surface area contributed by atoms with Gasteiger partial charge in [-0.2, -0.15) is 39.5 Å². The summed E-state index contributed by atoms with van der Waals surface area (Å²) in [5.74, 6) is -12.3. The number of halogens is 9. The highest BCUT2D eigenvalue weighted by molar-refractivity contribution is 5.99. The van der Waals surface area contributed by atoms with Gasteiger partial charge in [0.1, 0.15) is 18.1 Å². The predicted molar refractivity (Wildman–Crippen MR) is 396 cm³/mol. The molecule has 0 aliphatic rings. The molecule has 0 fully saturated rings. The minimum atomic E-state index is -5.08. The number of rotatable bonds is 60. The molecule has 0 bridgehead atoms. The first-order valence-electron chi connectivity index (χ1n) is 37.6. The summed E-state index contributed by atoms with van der Waals surface area (Å²) in [4.78, 5) is 133. The number of hydrogen-bond donors (Lipinski definition) is 15. The quantitative estimate of drug-likeness (QED) is 0.00888. The Labute approximate surface area is 629 Å². The zero-order chi connectivity index (χ0) is 82.6. The van der Waals surface area contributed by atoms with Crippen molar-refractivity contribution >= 4 is 77.1 Å². The van der Waals surface area contributed by atoms with Gasteiger partial charge in [0.15, 0.2) is 17.9 Å². The molecular formula is C70H127F9N16O13. The summed E-state index contributed by atoms with van der Waals surface area (Å²) < 4.78 is 95.2. The van der Waals surface area contributed by atoms with Crippen LogP contribution in [0.5, 0.6) is 0 Å². The van der Waals surface area contributed by atoms with E-state index >= 15 is 0 Å². The van der Waals surface area contributed by atoms with Crippen LogP contribution in [0.15, 0.2) is 27.1 Å². The highest BCUT2D eigenvalue weighted by atomic mass is 19.4. The van der Waals surface area contributed by atoms with Crippen LogP contribution < -0.4 is 66.7 Å². The molecule has 29 nitrogen and oxygen atoms in total. The first-order chi connectivity index (χ1) is 50.8. The van der Waals surface area contributed by atoms with Crippen molar-refractivity contribution < 1.29 is 103 Å². The molecule has 0 saturated carbocycles. The third kappa shape index (κ3) is 73.1. The van der Waals surface area contributed by atoms with Crippen LogP contribution in [0, 0.1) is 0 Å². The number of amides is 7. The van der Waals surface area contributed by atoms with Crippen LogP contribution in [0.25, 0.3) is 0 Å². The summed E-state index contributed by atoms with van der Waals surface area (Å²) >= 11 is 0. The molecule has 7 amide bonds. The molecule has 108 heavy (non-hydrogen) atoms. The molecule has 0 aliphatic carbocycles. The molecule has 38 heteroatoms. The Morgan fingerprint density at radius 2 is 0.611 bits per heavy atom. The number of nitrogens with one attached hydrogen (secondary N) is 5. The van der Waals surface area contributed by atoms with Gasteiger partial charge in [0, 0.05) is 70.8 Å². The number of hydrogen-bond acceptors (Lipinski definition) is 13. The summed E-state index contributed by atoms with van der Waals surface area (Å²) in [5, 5.41) is 35.3. The summed E-state index contributed by atoms with van der Waals surface area (Å²) in [6.07, 6.45) is 27.1. The van der Waals surface area contributed by atoms with E-state index in [1.165, 1.54) is 154 Å². The normalized spacial score (nSPS) is 12.0. The molecule has 628 valence electrons. The standard InChI is InChI=1S/C64H124N16O7.3C2HF3O2/c1-3-5-7-9-11-13-15-17-19-21-23-25-27-29-31-41-55(81)72-48-36-50-80(51-37-49-73-56(82)42-32-30-28-26-24-22-20-18-16-14-12-10-8-6-4-2)58(84)44-43-57(83)77-53(39-34-46-75-63(68)69)60(86)79-54(40-35-47-76-64(70)71)61(87)78-52(59(65)85)38-33-45-74-62(66)67;3*3-2(4,5)1(6)7/h43-44,52-54H,3-42,45-51H2,1-2H3,(H2,65,85)(H,72,81)(H,73,82)(H,77,83)(H,78,87)(H,79,86)(H4,66,67,74)(H4,68,69,75)(H4,70,71,76);3*(H,6,7)/b44-43-;;;/t52-,53-,54-;;;/m0.../s1. The molecule has 22 N–H and O–H groups in total. The van der Waals surface area contributed by atoms with Gasteiger partial charge in [0.2, 0.25) is 41.4 Å². The lowest BCUT2D eigenvalue weighted by molar-refractivity contribution is -0.193. The van der Waals surface area contributed by atoms with Crippen LogP contribution in [-0.4, -0.2) is 180 Å². The van der Waals surface area contributed by atoms with Gasteiger partial charge in [-0.1, -0.05) is 194 Å². The van der Waals surface area contributed by atoms with E-state index in [4.69, 9.17) is 69.8 Å². The maximum absolute atomic E-state index is 14.0. The fraction of sp³-hybridized carbons (Fsp3) is 0.786. The Morgan fingerprint density at radius 3 is 0.870 bits per heavy atom. The average Bonchev–Trinajstić information content (AvgIpc) is 0.872. The Morgan fingerprint density at radius 1 is 0.361 bits per heavy atom. The Balaban J connectivity index is -0.00000222. The van der Waals surface area contributed by atoms with Gasteiger partial charge in [-0.05, 0) is 64.2 Å². The summed E-state index contributed by atoms with van der Waals surface area (Å²) in [5.41, 5.74) is 38.5. The number of aliphatic carboxylic acids is 3. The predicted octanol–water partition coefficient (Wildman–Crippen LogP) is 8.91. The lowest BCUT2D eigenvalue weighted by Crippen LogP contribution is -2.56. The fourth-order valence-electron chi connectivity index (χ4n) is 10.2. The van der Waals surface area contributed by atoms with Crippen LogP contribution in [-0.2, 0) is 47.9 Å². The SMILES string of the molecule is CCCCCCCCCCCCCCCCCC(=O)NCCCN(CCCNC(=O)CCCCCCCCCCCCCCCCC)C(=O)/C=C\C(=O)N[C@@H](CCCN=C(N)N)C(=O)N[C@@H](CCCN=C(N)N)C(=O)N[C@@H](CCCN=C(N)N)C(N)=O.O=C(O)C(F)(F)F.O=C(O)C(F)(F)F.O=C(O)C(F)(F)F. The zero-order valence-corrected chi connectivity index (χ0v) is 63.3. The van der Waals surface area contributed by atoms with Crippen LogP contribution >= 0.6 is 0 Å². The highest BCUT2D eigenvalue weighted by Gasteiger charge is 2.40. The molecule has 0 radical (unpaired) electrons. The van der Waals surface area contributed by atoms with Gasteiger partial charge in [0.25, 0.3) is 0 Å². The maximum Gasteiger partial charge on any atom is 0.490 e.